The first-order valence-electron chi connectivity index (χ1n) is 7.71. The molecule has 2 N–H and O–H groups in total. The van der Waals surface area contributed by atoms with E-state index in [2.05, 4.69) is 20.3 Å². The third-order valence-electron chi connectivity index (χ3n) is 3.55. The van der Waals surface area contributed by atoms with E-state index in [4.69, 9.17) is 4.74 Å². The number of hydrogen-bond acceptors (Lipinski definition) is 4. The Morgan fingerprint density at radius 1 is 1.04 bits per heavy atom. The lowest BCUT2D eigenvalue weighted by Gasteiger charge is -2.09. The van der Waals surface area contributed by atoms with Crippen molar-refractivity contribution in [3.8, 4) is 22.8 Å². The van der Waals surface area contributed by atoms with E-state index >= 15 is 0 Å². The minimum Gasteiger partial charge on any atom is -0.497 e. The molecule has 0 aliphatic heterocycles. The van der Waals surface area contributed by atoms with Crippen LogP contribution < -0.4 is 14.8 Å². The van der Waals surface area contributed by atoms with E-state index in [0.717, 1.165) is 17.7 Å². The molecule has 9 heteroatoms. The van der Waals surface area contributed by atoms with Gasteiger partial charge in [-0.3, -0.25) is 9.89 Å². The van der Waals surface area contributed by atoms with Gasteiger partial charge in [-0.2, -0.15) is 5.10 Å². The van der Waals surface area contributed by atoms with Crippen LogP contribution in [0.5, 0.6) is 11.5 Å². The third kappa shape index (κ3) is 4.78. The molecule has 0 aliphatic carbocycles. The highest BCUT2D eigenvalue weighted by molar-refractivity contribution is 6.03. The van der Waals surface area contributed by atoms with Gasteiger partial charge in [-0.25, -0.2) is 0 Å². The van der Waals surface area contributed by atoms with E-state index in [1.54, 1.807) is 37.4 Å². The Balaban J connectivity index is 1.67. The predicted octanol–water partition coefficient (Wildman–Crippen LogP) is 4.24. The van der Waals surface area contributed by atoms with Crippen molar-refractivity contribution < 1.29 is 27.4 Å². The zero-order valence-corrected chi connectivity index (χ0v) is 14.0. The second-order valence-electron chi connectivity index (χ2n) is 5.42. The van der Waals surface area contributed by atoms with Crippen molar-refractivity contribution in [2.24, 2.45) is 0 Å². The second-order valence-corrected chi connectivity index (χ2v) is 5.42. The van der Waals surface area contributed by atoms with Crippen molar-refractivity contribution in [1.29, 1.82) is 0 Å². The largest absolute Gasteiger partial charge is 0.573 e. The summed E-state index contributed by atoms with van der Waals surface area (Å²) in [6.45, 7) is 0. The summed E-state index contributed by atoms with van der Waals surface area (Å²) in [5.74, 6) is -0.152. The Labute approximate surface area is 151 Å². The van der Waals surface area contributed by atoms with Gasteiger partial charge in [-0.05, 0) is 54.6 Å². The first kappa shape index (κ1) is 18.3. The van der Waals surface area contributed by atoms with Crippen molar-refractivity contribution in [1.82, 2.24) is 10.2 Å². The molecule has 0 bridgehead atoms. The molecule has 1 amide bonds. The third-order valence-corrected chi connectivity index (χ3v) is 3.55. The van der Waals surface area contributed by atoms with Gasteiger partial charge in [0.1, 0.15) is 17.2 Å². The maximum absolute atomic E-state index is 12.3. The first-order chi connectivity index (χ1) is 12.8. The van der Waals surface area contributed by atoms with Crippen molar-refractivity contribution in [2.45, 2.75) is 6.36 Å². The van der Waals surface area contributed by atoms with Crippen LogP contribution in [0.1, 0.15) is 10.5 Å². The fraction of sp³-hybridized carbons (Fsp3) is 0.111. The summed E-state index contributed by atoms with van der Waals surface area (Å²) in [7, 11) is 1.56. The molecule has 0 atom stereocenters. The number of benzene rings is 2. The monoisotopic (exact) mass is 377 g/mol. The van der Waals surface area contributed by atoms with Crippen molar-refractivity contribution >= 4 is 11.6 Å². The molecule has 3 rings (SSSR count). The van der Waals surface area contributed by atoms with E-state index in [1.165, 1.54) is 12.1 Å². The van der Waals surface area contributed by atoms with Crippen molar-refractivity contribution in [3.63, 3.8) is 0 Å². The zero-order chi connectivity index (χ0) is 19.4. The quantitative estimate of drug-likeness (QED) is 0.698. The Morgan fingerprint density at radius 3 is 2.26 bits per heavy atom. The number of rotatable bonds is 5. The molecule has 0 unspecified atom stereocenters. The highest BCUT2D eigenvalue weighted by atomic mass is 19.4. The van der Waals surface area contributed by atoms with Crippen LogP contribution in [0.25, 0.3) is 11.3 Å². The van der Waals surface area contributed by atoms with Crippen molar-refractivity contribution in [2.75, 3.05) is 12.4 Å². The molecule has 3 aromatic rings. The number of carbonyl (C=O) groups excluding carboxylic acids is 1. The highest BCUT2D eigenvalue weighted by Gasteiger charge is 2.30. The molecule has 0 saturated heterocycles. The molecule has 6 nitrogen and oxygen atoms in total. The van der Waals surface area contributed by atoms with Crippen LogP contribution in [0, 0.1) is 0 Å². The standard InChI is InChI=1S/C18H14F3N3O3/c1-26-13-6-2-11(3-7-13)15-10-16(24-23-15)17(25)22-12-4-8-14(9-5-12)27-18(19,20)21/h2-10H,1H3,(H,22,25)(H,23,24). The number of halogens is 3. The van der Waals surface area contributed by atoms with Crippen LogP contribution in [0.4, 0.5) is 18.9 Å². The van der Waals surface area contributed by atoms with Gasteiger partial charge >= 0.3 is 6.36 Å². The average Bonchev–Trinajstić information content (AvgIpc) is 3.12. The Bertz CT molecular complexity index is 920. The van der Waals surface area contributed by atoms with E-state index < -0.39 is 12.3 Å². The SMILES string of the molecule is COc1ccc(-c2cc(C(=O)Nc3ccc(OC(F)(F)F)cc3)[nH]n2)cc1. The summed E-state index contributed by atoms with van der Waals surface area (Å²) in [4.78, 5) is 12.3. The van der Waals surface area contributed by atoms with Crippen LogP contribution >= 0.6 is 0 Å². The van der Waals surface area contributed by atoms with Crippen LogP contribution in [-0.2, 0) is 0 Å². The van der Waals surface area contributed by atoms with Gasteiger partial charge in [-0.15, -0.1) is 13.2 Å². The van der Waals surface area contributed by atoms with Gasteiger partial charge in [-0.1, -0.05) is 0 Å². The highest BCUT2D eigenvalue weighted by Crippen LogP contribution is 2.25. The molecule has 2 aromatic carbocycles. The Hall–Kier alpha value is -3.49. The smallest absolute Gasteiger partial charge is 0.497 e. The molecule has 0 radical (unpaired) electrons. The van der Waals surface area contributed by atoms with Crippen LogP contribution in [-0.4, -0.2) is 29.6 Å². The number of alkyl halides is 3. The van der Waals surface area contributed by atoms with Crippen LogP contribution in [0.2, 0.25) is 0 Å². The molecular weight excluding hydrogens is 363 g/mol. The maximum Gasteiger partial charge on any atom is 0.573 e. The maximum atomic E-state index is 12.3. The molecule has 0 fully saturated rings. The van der Waals surface area contributed by atoms with Gasteiger partial charge in [0.05, 0.1) is 12.8 Å². The van der Waals surface area contributed by atoms with Crippen LogP contribution in [0.15, 0.2) is 54.6 Å². The average molecular weight is 377 g/mol. The number of amides is 1. The minimum atomic E-state index is -4.77. The van der Waals surface area contributed by atoms with Crippen molar-refractivity contribution in [3.05, 3.63) is 60.3 Å². The number of hydrogen-bond donors (Lipinski definition) is 2. The van der Waals surface area contributed by atoms with E-state index in [1.807, 2.05) is 0 Å². The second kappa shape index (κ2) is 7.40. The summed E-state index contributed by atoms with van der Waals surface area (Å²) in [5, 5.41) is 9.28. The van der Waals surface area contributed by atoms with Gasteiger partial charge in [0.2, 0.25) is 0 Å². The summed E-state index contributed by atoms with van der Waals surface area (Å²) < 4.78 is 45.3. The summed E-state index contributed by atoms with van der Waals surface area (Å²) in [5.41, 5.74) is 1.88. The normalized spacial score (nSPS) is 11.1. The fourth-order valence-electron chi connectivity index (χ4n) is 2.29. The Kier molecular flexibility index (Phi) is 5.02. The molecule has 1 heterocycles. The topological polar surface area (TPSA) is 76.2 Å². The number of ether oxygens (including phenoxy) is 2. The van der Waals surface area contributed by atoms with E-state index in [-0.39, 0.29) is 11.4 Å². The number of anilines is 1. The minimum absolute atomic E-state index is 0.205. The molecule has 1 aromatic heterocycles. The number of methoxy groups -OCH3 is 1. The number of nitrogens with zero attached hydrogens (tertiary/aromatic N) is 1. The summed E-state index contributed by atoms with van der Waals surface area (Å²) in [6, 6.07) is 13.5. The van der Waals surface area contributed by atoms with Gasteiger partial charge in [0.15, 0.2) is 0 Å². The molecule has 27 heavy (non-hydrogen) atoms. The lowest BCUT2D eigenvalue weighted by atomic mass is 10.1. The number of nitrogens with one attached hydrogen (secondary N) is 2. The van der Waals surface area contributed by atoms with Crippen LogP contribution in [0.3, 0.4) is 0 Å². The van der Waals surface area contributed by atoms with Gasteiger partial charge in [0.25, 0.3) is 5.91 Å². The van der Waals surface area contributed by atoms with E-state index in [9.17, 15) is 18.0 Å². The van der Waals surface area contributed by atoms with Gasteiger partial charge < -0.3 is 14.8 Å². The fourth-order valence-corrected chi connectivity index (χ4v) is 2.29. The number of carbonyl (C=O) groups is 1. The predicted molar refractivity (Wildman–Crippen MR) is 91.7 cm³/mol. The lowest BCUT2D eigenvalue weighted by Crippen LogP contribution is -2.17. The Morgan fingerprint density at radius 2 is 1.67 bits per heavy atom. The molecule has 0 aliphatic rings. The van der Waals surface area contributed by atoms with E-state index in [0.29, 0.717) is 17.1 Å². The summed E-state index contributed by atoms with van der Waals surface area (Å²) >= 11 is 0. The molecular formula is C18H14F3N3O3. The summed E-state index contributed by atoms with van der Waals surface area (Å²) in [6.07, 6.45) is -4.77. The first-order valence-corrected chi connectivity index (χ1v) is 7.71. The zero-order valence-electron chi connectivity index (χ0n) is 14.0. The molecule has 140 valence electrons. The lowest BCUT2D eigenvalue weighted by molar-refractivity contribution is -0.274. The van der Waals surface area contributed by atoms with Gasteiger partial charge in [0, 0.05) is 11.3 Å². The number of H-pyrrole nitrogens is 1. The molecule has 0 spiro atoms. The number of aromatic nitrogens is 2. The molecule has 0 saturated carbocycles. The number of aromatic amines is 1.